The fraction of sp³-hybridized carbons (Fsp3) is 0.269. The second kappa shape index (κ2) is 9.00. The molecule has 1 aliphatic carbocycles. The van der Waals surface area contributed by atoms with E-state index >= 15 is 0 Å². The molecule has 4 nitrogen and oxygen atoms in total. The Hall–Kier alpha value is -3.55. The Morgan fingerprint density at radius 3 is 2.12 bits per heavy atom. The summed E-state index contributed by atoms with van der Waals surface area (Å²) in [5.74, 6) is -9.14. The minimum Gasteiger partial charge on any atom is -0.494 e. The Labute approximate surface area is 194 Å². The molecule has 1 saturated carbocycles. The van der Waals surface area contributed by atoms with Crippen LogP contribution < -0.4 is 9.47 Å². The van der Waals surface area contributed by atoms with Gasteiger partial charge in [0.2, 0.25) is 0 Å². The summed E-state index contributed by atoms with van der Waals surface area (Å²) in [5.41, 5.74) is -2.67. The molecule has 4 rings (SSSR count). The van der Waals surface area contributed by atoms with Crippen molar-refractivity contribution in [1.29, 1.82) is 0 Å². The maximum Gasteiger partial charge on any atom is 0.330 e. The van der Waals surface area contributed by atoms with Crippen LogP contribution in [0.3, 0.4) is 0 Å². The van der Waals surface area contributed by atoms with E-state index < -0.39 is 36.3 Å². The van der Waals surface area contributed by atoms with E-state index in [9.17, 15) is 22.4 Å². The van der Waals surface area contributed by atoms with Crippen LogP contribution in [0.5, 0.6) is 17.2 Å². The van der Waals surface area contributed by atoms with Crippen LogP contribution in [0.1, 0.15) is 24.5 Å². The second-order valence-electron chi connectivity index (χ2n) is 7.92. The quantitative estimate of drug-likeness (QED) is 0.275. The van der Waals surface area contributed by atoms with Crippen molar-refractivity contribution in [3.8, 4) is 17.2 Å². The molecule has 0 amide bonds. The Balaban J connectivity index is 1.59. The second-order valence-corrected chi connectivity index (χ2v) is 7.92. The van der Waals surface area contributed by atoms with Crippen LogP contribution >= 0.6 is 0 Å². The van der Waals surface area contributed by atoms with Gasteiger partial charge in [-0.15, -0.1) is 0 Å². The minimum atomic E-state index is -4.62. The molecule has 1 aliphatic rings. The lowest BCUT2D eigenvalue weighted by Crippen LogP contribution is -2.72. The molecule has 3 aromatic rings. The van der Waals surface area contributed by atoms with Gasteiger partial charge in [0.25, 0.3) is 0 Å². The minimum absolute atomic E-state index is 0.259. The van der Waals surface area contributed by atoms with Crippen molar-refractivity contribution >= 4 is 5.97 Å². The van der Waals surface area contributed by atoms with Gasteiger partial charge in [-0.05, 0) is 42.8 Å². The molecule has 0 heterocycles. The number of benzene rings is 3. The van der Waals surface area contributed by atoms with Crippen LogP contribution in [0, 0.1) is 0 Å². The Morgan fingerprint density at radius 2 is 1.50 bits per heavy atom. The number of carbonyl (C=O) groups excluding carboxylic acids is 1. The third kappa shape index (κ3) is 3.97. The first-order valence-corrected chi connectivity index (χ1v) is 10.7. The molecule has 0 radical (unpaired) electrons. The molecule has 178 valence electrons. The first kappa shape index (κ1) is 23.6. The lowest BCUT2D eigenvalue weighted by molar-refractivity contribution is -0.323. The van der Waals surface area contributed by atoms with Crippen LogP contribution in [0.25, 0.3) is 0 Å². The molecule has 1 fully saturated rings. The highest BCUT2D eigenvalue weighted by Crippen LogP contribution is 2.64. The molecule has 0 aromatic heterocycles. The molecule has 0 aliphatic heterocycles. The van der Waals surface area contributed by atoms with E-state index in [1.54, 1.807) is 55.5 Å². The van der Waals surface area contributed by atoms with Gasteiger partial charge in [0.05, 0.1) is 6.61 Å². The number of rotatable bonds is 8. The number of alkyl halides is 4. The summed E-state index contributed by atoms with van der Waals surface area (Å²) in [6, 6.07) is 20.5. The zero-order valence-electron chi connectivity index (χ0n) is 18.3. The van der Waals surface area contributed by atoms with E-state index in [-0.39, 0.29) is 5.56 Å². The molecule has 3 aromatic carbocycles. The number of halogens is 4. The van der Waals surface area contributed by atoms with Gasteiger partial charge >= 0.3 is 17.8 Å². The maximum atomic E-state index is 14.8. The highest BCUT2D eigenvalue weighted by molar-refractivity contribution is 5.87. The van der Waals surface area contributed by atoms with Gasteiger partial charge in [0.1, 0.15) is 23.9 Å². The predicted molar refractivity (Wildman–Crippen MR) is 117 cm³/mol. The third-order valence-corrected chi connectivity index (χ3v) is 5.79. The Kier molecular flexibility index (Phi) is 6.25. The van der Waals surface area contributed by atoms with Crippen molar-refractivity contribution < 1.29 is 36.6 Å². The average Bonchev–Trinajstić information content (AvgIpc) is 2.83. The Bertz CT molecular complexity index is 1150. The molecule has 8 heteroatoms. The fourth-order valence-electron chi connectivity index (χ4n) is 3.97. The summed E-state index contributed by atoms with van der Waals surface area (Å²) < 4.78 is 73.7. The maximum absolute atomic E-state index is 14.8. The fourth-order valence-corrected chi connectivity index (χ4v) is 3.97. The zero-order valence-corrected chi connectivity index (χ0v) is 18.3. The molecule has 1 atom stereocenters. The van der Waals surface area contributed by atoms with Gasteiger partial charge in [0.15, 0.2) is 5.41 Å². The summed E-state index contributed by atoms with van der Waals surface area (Å²) in [7, 11) is 0. The zero-order chi connectivity index (χ0) is 24.4. The van der Waals surface area contributed by atoms with E-state index in [0.717, 1.165) is 0 Å². The standard InChI is InChI=1S/C26H22F4O4/c1-2-32-20-14-12-19(13-15-20)24(17-25(27,28)26(24,29)30)23(31)33-16-18-8-6-7-11-22(18)34-21-9-4-3-5-10-21/h3-15H,2,16-17H2,1H3. The number of ether oxygens (including phenoxy) is 3. The van der Waals surface area contributed by atoms with Crippen LogP contribution in [-0.2, 0) is 21.6 Å². The van der Waals surface area contributed by atoms with Crippen LogP contribution in [0.4, 0.5) is 17.6 Å². The van der Waals surface area contributed by atoms with Crippen molar-refractivity contribution in [2.45, 2.75) is 37.2 Å². The lowest BCUT2D eigenvalue weighted by Gasteiger charge is -2.51. The number of para-hydroxylation sites is 2. The van der Waals surface area contributed by atoms with Gasteiger partial charge < -0.3 is 14.2 Å². The summed E-state index contributed by atoms with van der Waals surface area (Å²) in [5, 5.41) is 0. The summed E-state index contributed by atoms with van der Waals surface area (Å²) in [6.07, 6.45) is -1.36. The van der Waals surface area contributed by atoms with Gasteiger partial charge in [0, 0.05) is 12.0 Å². The largest absolute Gasteiger partial charge is 0.494 e. The lowest BCUT2D eigenvalue weighted by atomic mass is 9.58. The summed E-state index contributed by atoms with van der Waals surface area (Å²) in [6.45, 7) is 1.65. The van der Waals surface area contributed by atoms with Crippen LogP contribution in [-0.4, -0.2) is 24.4 Å². The van der Waals surface area contributed by atoms with E-state index in [4.69, 9.17) is 14.2 Å². The molecule has 0 bridgehead atoms. The normalized spacial score (nSPS) is 20.1. The average molecular weight is 474 g/mol. The SMILES string of the molecule is CCOc1ccc(C2(C(=O)OCc3ccccc3Oc3ccccc3)CC(F)(F)C2(F)F)cc1. The Morgan fingerprint density at radius 1 is 0.853 bits per heavy atom. The molecular formula is C26H22F4O4. The number of esters is 1. The molecule has 0 spiro atoms. The van der Waals surface area contributed by atoms with Gasteiger partial charge in [-0.1, -0.05) is 48.5 Å². The van der Waals surface area contributed by atoms with Gasteiger partial charge in [-0.25, -0.2) is 0 Å². The van der Waals surface area contributed by atoms with Crippen molar-refractivity contribution in [3.63, 3.8) is 0 Å². The van der Waals surface area contributed by atoms with Crippen molar-refractivity contribution in [2.75, 3.05) is 6.61 Å². The van der Waals surface area contributed by atoms with Gasteiger partial charge in [-0.2, -0.15) is 17.6 Å². The van der Waals surface area contributed by atoms with Crippen molar-refractivity contribution in [1.82, 2.24) is 0 Å². The number of carbonyl (C=O) groups is 1. The van der Waals surface area contributed by atoms with Crippen molar-refractivity contribution in [3.05, 3.63) is 90.0 Å². The monoisotopic (exact) mass is 474 g/mol. The topological polar surface area (TPSA) is 44.8 Å². The molecular weight excluding hydrogens is 452 g/mol. The molecule has 0 N–H and O–H groups in total. The van der Waals surface area contributed by atoms with Crippen molar-refractivity contribution in [2.24, 2.45) is 0 Å². The summed E-state index contributed by atoms with van der Waals surface area (Å²) in [4.78, 5) is 13.0. The van der Waals surface area contributed by atoms with E-state index in [0.29, 0.717) is 29.4 Å². The van der Waals surface area contributed by atoms with Crippen LogP contribution in [0.2, 0.25) is 0 Å². The van der Waals surface area contributed by atoms with Crippen LogP contribution in [0.15, 0.2) is 78.9 Å². The first-order chi connectivity index (χ1) is 16.2. The third-order valence-electron chi connectivity index (χ3n) is 5.79. The summed E-state index contributed by atoms with van der Waals surface area (Å²) >= 11 is 0. The van der Waals surface area contributed by atoms with E-state index in [1.807, 2.05) is 6.07 Å². The highest BCUT2D eigenvalue weighted by Gasteiger charge is 2.84. The predicted octanol–water partition coefficient (Wildman–Crippen LogP) is 6.53. The van der Waals surface area contributed by atoms with E-state index in [1.165, 1.54) is 24.3 Å². The highest BCUT2D eigenvalue weighted by atomic mass is 19.3. The van der Waals surface area contributed by atoms with Gasteiger partial charge in [-0.3, -0.25) is 4.79 Å². The number of hydrogen-bond acceptors (Lipinski definition) is 4. The van der Waals surface area contributed by atoms with E-state index in [2.05, 4.69) is 0 Å². The first-order valence-electron chi connectivity index (χ1n) is 10.7. The molecule has 1 unspecified atom stereocenters. The molecule has 0 saturated heterocycles. The smallest absolute Gasteiger partial charge is 0.330 e. The molecule has 34 heavy (non-hydrogen) atoms. The number of hydrogen-bond donors (Lipinski definition) is 0.